The zero-order valence-electron chi connectivity index (χ0n) is 22.1. The minimum absolute atomic E-state index is 0.0784. The Hall–Kier alpha value is -4.34. The summed E-state index contributed by atoms with van der Waals surface area (Å²) in [6, 6.07) is 15.2. The summed E-state index contributed by atoms with van der Waals surface area (Å²) in [5.74, 6) is 1.31. The van der Waals surface area contributed by atoms with Crippen LogP contribution in [0.3, 0.4) is 0 Å². The molecule has 0 bridgehead atoms. The molecule has 2 aromatic carbocycles. The fourth-order valence-corrected chi connectivity index (χ4v) is 4.22. The van der Waals surface area contributed by atoms with Gasteiger partial charge in [-0.15, -0.1) is 5.10 Å². The van der Waals surface area contributed by atoms with E-state index in [9.17, 15) is 9.59 Å². The van der Waals surface area contributed by atoms with Gasteiger partial charge in [0.05, 0.1) is 32.5 Å². The molecular formula is C28H33N5O5. The van der Waals surface area contributed by atoms with Gasteiger partial charge in [0, 0.05) is 6.54 Å². The Morgan fingerprint density at radius 3 is 2.55 bits per heavy atom. The molecule has 0 radical (unpaired) electrons. The highest BCUT2D eigenvalue weighted by atomic mass is 16.5. The van der Waals surface area contributed by atoms with Crippen molar-refractivity contribution >= 4 is 22.8 Å². The van der Waals surface area contributed by atoms with E-state index in [1.54, 1.807) is 37.4 Å². The minimum Gasteiger partial charge on any atom is -0.493 e. The molecule has 10 nitrogen and oxygen atoms in total. The predicted octanol–water partition coefficient (Wildman–Crippen LogP) is 3.97. The molecule has 200 valence electrons. The molecule has 0 aliphatic rings. The van der Waals surface area contributed by atoms with Gasteiger partial charge in [-0.25, -0.2) is 4.68 Å². The molecule has 10 heteroatoms. The van der Waals surface area contributed by atoms with E-state index in [2.05, 4.69) is 29.5 Å². The zero-order valence-corrected chi connectivity index (χ0v) is 22.1. The molecule has 0 aliphatic heterocycles. The van der Waals surface area contributed by atoms with E-state index in [0.717, 1.165) is 11.9 Å². The first-order valence-corrected chi connectivity index (χ1v) is 12.5. The molecule has 0 saturated carbocycles. The third-order valence-electron chi connectivity index (χ3n) is 6.24. The fraction of sp³-hybridized carbons (Fsp3) is 0.357. The number of aromatic nitrogens is 3. The van der Waals surface area contributed by atoms with E-state index in [-0.39, 0.29) is 24.9 Å². The normalized spacial score (nSPS) is 11.9. The van der Waals surface area contributed by atoms with Crippen molar-refractivity contribution in [1.82, 2.24) is 25.2 Å². The topological polar surface area (TPSA) is 112 Å². The number of nitrogens with one attached hydrogen (secondary N) is 1. The first kappa shape index (κ1) is 26.7. The van der Waals surface area contributed by atoms with Crippen LogP contribution >= 0.6 is 0 Å². The van der Waals surface area contributed by atoms with Gasteiger partial charge < -0.3 is 24.1 Å². The maximum absolute atomic E-state index is 13.9. The lowest BCUT2D eigenvalue weighted by molar-refractivity contribution is -0.142. The quantitative estimate of drug-likeness (QED) is 0.301. The lowest BCUT2D eigenvalue weighted by Crippen LogP contribution is -2.45. The minimum atomic E-state index is -0.964. The van der Waals surface area contributed by atoms with Crippen LogP contribution in [-0.4, -0.2) is 52.5 Å². The van der Waals surface area contributed by atoms with Gasteiger partial charge in [0.15, 0.2) is 11.5 Å². The molecule has 0 saturated heterocycles. The second kappa shape index (κ2) is 12.3. The number of fused-ring (bicyclic) bond motifs is 1. The summed E-state index contributed by atoms with van der Waals surface area (Å²) in [6.45, 7) is 4.64. The van der Waals surface area contributed by atoms with Gasteiger partial charge in [0.1, 0.15) is 23.9 Å². The largest absolute Gasteiger partial charge is 0.493 e. The van der Waals surface area contributed by atoms with Crippen molar-refractivity contribution in [3.05, 3.63) is 72.2 Å². The molecule has 1 N–H and O–H groups in total. The number of carbonyl (C=O) groups excluding carboxylic acids is 2. The number of hydrogen-bond donors (Lipinski definition) is 1. The summed E-state index contributed by atoms with van der Waals surface area (Å²) in [5.41, 5.74) is 1.98. The van der Waals surface area contributed by atoms with Crippen LogP contribution < -0.4 is 14.8 Å². The SMILES string of the molecule is COc1ccc(C(C(=O)NCCC(C)C)N(Cc2ccco2)C(=O)Cn2nnc3ccccc32)cc1OC. The summed E-state index contributed by atoms with van der Waals surface area (Å²) in [7, 11) is 3.07. The standard InChI is InChI=1S/C28H33N5O5/c1-19(2)13-14-29-28(35)27(20-11-12-24(36-3)25(16-20)37-4)32(17-21-8-7-15-38-21)26(34)18-33-23-10-6-5-9-22(23)30-31-33/h5-12,15-16,19,27H,13-14,17-18H2,1-4H3,(H,29,35). The molecule has 1 atom stereocenters. The monoisotopic (exact) mass is 519 g/mol. The van der Waals surface area contributed by atoms with Crippen molar-refractivity contribution in [2.45, 2.75) is 39.4 Å². The van der Waals surface area contributed by atoms with Gasteiger partial charge in [0.2, 0.25) is 11.8 Å². The van der Waals surface area contributed by atoms with Gasteiger partial charge in [-0.1, -0.05) is 37.3 Å². The van der Waals surface area contributed by atoms with Gasteiger partial charge in [0.25, 0.3) is 0 Å². The average Bonchev–Trinajstić information content (AvgIpc) is 3.58. The molecule has 1 unspecified atom stereocenters. The number of rotatable bonds is 12. The molecule has 4 aromatic rings. The third-order valence-corrected chi connectivity index (χ3v) is 6.24. The maximum atomic E-state index is 13.9. The number of amides is 2. The molecule has 4 rings (SSSR count). The molecule has 2 aromatic heterocycles. The van der Waals surface area contributed by atoms with Crippen LogP contribution in [0.25, 0.3) is 11.0 Å². The average molecular weight is 520 g/mol. The van der Waals surface area contributed by atoms with Gasteiger partial charge in [-0.3, -0.25) is 9.59 Å². The van der Waals surface area contributed by atoms with Crippen LogP contribution in [-0.2, 0) is 22.7 Å². The summed E-state index contributed by atoms with van der Waals surface area (Å²) in [6.07, 6.45) is 2.35. The highest BCUT2D eigenvalue weighted by molar-refractivity contribution is 5.89. The Balaban J connectivity index is 1.74. The van der Waals surface area contributed by atoms with Crippen molar-refractivity contribution in [3.8, 4) is 11.5 Å². The molecule has 2 heterocycles. The number of carbonyl (C=O) groups is 2. The maximum Gasteiger partial charge on any atom is 0.247 e. The van der Waals surface area contributed by atoms with Crippen LogP contribution in [0.2, 0.25) is 0 Å². The van der Waals surface area contributed by atoms with Crippen molar-refractivity contribution < 1.29 is 23.5 Å². The summed E-state index contributed by atoms with van der Waals surface area (Å²) in [5, 5.41) is 11.3. The van der Waals surface area contributed by atoms with E-state index in [4.69, 9.17) is 13.9 Å². The van der Waals surface area contributed by atoms with Crippen LogP contribution in [0.15, 0.2) is 65.3 Å². The van der Waals surface area contributed by atoms with E-state index in [0.29, 0.717) is 40.8 Å². The van der Waals surface area contributed by atoms with Crippen molar-refractivity contribution in [3.63, 3.8) is 0 Å². The Morgan fingerprint density at radius 2 is 1.84 bits per heavy atom. The number of hydrogen-bond acceptors (Lipinski definition) is 7. The lowest BCUT2D eigenvalue weighted by Gasteiger charge is -2.31. The Labute approximate surface area is 221 Å². The fourth-order valence-electron chi connectivity index (χ4n) is 4.22. The number of nitrogens with zero attached hydrogens (tertiary/aromatic N) is 4. The van der Waals surface area contributed by atoms with E-state index >= 15 is 0 Å². The predicted molar refractivity (Wildman–Crippen MR) is 142 cm³/mol. The molecule has 38 heavy (non-hydrogen) atoms. The molecule has 0 aliphatic carbocycles. The van der Waals surface area contributed by atoms with E-state index in [1.165, 1.54) is 23.0 Å². The highest BCUT2D eigenvalue weighted by Crippen LogP contribution is 2.33. The Morgan fingerprint density at radius 1 is 1.05 bits per heavy atom. The summed E-state index contributed by atoms with van der Waals surface area (Å²) < 4.78 is 18.0. The first-order valence-electron chi connectivity index (χ1n) is 12.5. The number of benzene rings is 2. The first-order chi connectivity index (χ1) is 18.4. The van der Waals surface area contributed by atoms with E-state index in [1.807, 2.05) is 24.3 Å². The Bertz CT molecular complexity index is 1370. The summed E-state index contributed by atoms with van der Waals surface area (Å²) in [4.78, 5) is 29.1. The van der Waals surface area contributed by atoms with Crippen LogP contribution in [0.4, 0.5) is 0 Å². The van der Waals surface area contributed by atoms with Gasteiger partial charge >= 0.3 is 0 Å². The van der Waals surface area contributed by atoms with Gasteiger partial charge in [-0.2, -0.15) is 0 Å². The van der Waals surface area contributed by atoms with E-state index < -0.39 is 6.04 Å². The molecular weight excluding hydrogens is 486 g/mol. The molecule has 0 fully saturated rings. The zero-order chi connectivity index (χ0) is 27.1. The summed E-state index contributed by atoms with van der Waals surface area (Å²) >= 11 is 0. The number of para-hydroxylation sites is 1. The van der Waals surface area contributed by atoms with Crippen LogP contribution in [0, 0.1) is 5.92 Å². The molecule has 0 spiro atoms. The Kier molecular flexibility index (Phi) is 8.62. The third kappa shape index (κ3) is 6.13. The second-order valence-corrected chi connectivity index (χ2v) is 9.33. The van der Waals surface area contributed by atoms with Crippen molar-refractivity contribution in [1.29, 1.82) is 0 Å². The van der Waals surface area contributed by atoms with Crippen molar-refractivity contribution in [2.24, 2.45) is 5.92 Å². The van der Waals surface area contributed by atoms with Crippen LogP contribution in [0.5, 0.6) is 11.5 Å². The number of ether oxygens (including phenoxy) is 2. The van der Waals surface area contributed by atoms with Gasteiger partial charge in [-0.05, 0) is 54.3 Å². The second-order valence-electron chi connectivity index (χ2n) is 9.33. The highest BCUT2D eigenvalue weighted by Gasteiger charge is 2.33. The number of methoxy groups -OCH3 is 2. The van der Waals surface area contributed by atoms with Crippen molar-refractivity contribution in [2.75, 3.05) is 20.8 Å². The smallest absolute Gasteiger partial charge is 0.247 e. The number of furan rings is 1. The lowest BCUT2D eigenvalue weighted by atomic mass is 10.0. The molecule has 2 amide bonds. The van der Waals surface area contributed by atoms with Crippen LogP contribution in [0.1, 0.15) is 37.6 Å².